The van der Waals surface area contributed by atoms with E-state index < -0.39 is 0 Å². The van der Waals surface area contributed by atoms with Crippen molar-refractivity contribution in [1.29, 1.82) is 0 Å². The van der Waals surface area contributed by atoms with E-state index in [1.54, 1.807) is 25.1 Å². The number of hydrazone groups is 1. The standard InChI is InChI=1S/C20H24N2O5/c1-13-7-6-8-16(9-13)27-12-19(23)22-21-14(2)15-10-17(24-3)20(26-5)18(11-15)25-4/h6-11H,12H2,1-5H3,(H,22,23)/b21-14+. The summed E-state index contributed by atoms with van der Waals surface area (Å²) in [5.41, 5.74) is 4.85. The minimum Gasteiger partial charge on any atom is -0.493 e. The molecule has 27 heavy (non-hydrogen) atoms. The van der Waals surface area contributed by atoms with Crippen LogP contribution in [0.5, 0.6) is 23.0 Å². The Morgan fingerprint density at radius 3 is 2.26 bits per heavy atom. The molecule has 0 atom stereocenters. The molecule has 7 nitrogen and oxygen atoms in total. The fourth-order valence-corrected chi connectivity index (χ4v) is 2.39. The van der Waals surface area contributed by atoms with Gasteiger partial charge in [0.15, 0.2) is 18.1 Å². The highest BCUT2D eigenvalue weighted by Crippen LogP contribution is 2.38. The Morgan fingerprint density at radius 2 is 1.70 bits per heavy atom. The second-order valence-electron chi connectivity index (χ2n) is 5.75. The summed E-state index contributed by atoms with van der Waals surface area (Å²) >= 11 is 0. The normalized spacial score (nSPS) is 10.9. The Morgan fingerprint density at radius 1 is 1.04 bits per heavy atom. The highest BCUT2D eigenvalue weighted by molar-refractivity contribution is 6.00. The highest BCUT2D eigenvalue weighted by atomic mass is 16.5. The van der Waals surface area contributed by atoms with Gasteiger partial charge in [0.1, 0.15) is 5.75 Å². The van der Waals surface area contributed by atoms with Gasteiger partial charge in [-0.15, -0.1) is 0 Å². The zero-order valence-corrected chi connectivity index (χ0v) is 16.2. The quantitative estimate of drug-likeness (QED) is 0.569. The first-order valence-corrected chi connectivity index (χ1v) is 8.31. The third kappa shape index (κ3) is 5.37. The smallest absolute Gasteiger partial charge is 0.277 e. The predicted octanol–water partition coefficient (Wildman–Crippen LogP) is 2.94. The molecule has 0 aromatic heterocycles. The van der Waals surface area contributed by atoms with E-state index in [0.29, 0.717) is 28.7 Å². The molecule has 0 fully saturated rings. The van der Waals surface area contributed by atoms with Crippen molar-refractivity contribution in [3.8, 4) is 23.0 Å². The summed E-state index contributed by atoms with van der Waals surface area (Å²) in [6.07, 6.45) is 0. The Bertz CT molecular complexity index is 808. The van der Waals surface area contributed by atoms with Gasteiger partial charge >= 0.3 is 0 Å². The number of methoxy groups -OCH3 is 3. The molecule has 0 aliphatic rings. The number of hydrogen-bond donors (Lipinski definition) is 1. The molecule has 0 radical (unpaired) electrons. The van der Waals surface area contributed by atoms with E-state index in [0.717, 1.165) is 11.1 Å². The fourth-order valence-electron chi connectivity index (χ4n) is 2.39. The number of ether oxygens (including phenoxy) is 4. The van der Waals surface area contributed by atoms with Crippen LogP contribution in [0.3, 0.4) is 0 Å². The third-order valence-electron chi connectivity index (χ3n) is 3.79. The van der Waals surface area contributed by atoms with Crippen LogP contribution < -0.4 is 24.4 Å². The molecule has 0 saturated carbocycles. The van der Waals surface area contributed by atoms with Crippen molar-refractivity contribution < 1.29 is 23.7 Å². The number of nitrogens with one attached hydrogen (secondary N) is 1. The van der Waals surface area contributed by atoms with Gasteiger partial charge in [0.25, 0.3) is 5.91 Å². The monoisotopic (exact) mass is 372 g/mol. The number of aryl methyl sites for hydroxylation is 1. The average Bonchev–Trinajstić information content (AvgIpc) is 2.69. The van der Waals surface area contributed by atoms with Crippen molar-refractivity contribution >= 4 is 11.6 Å². The van der Waals surface area contributed by atoms with E-state index in [1.807, 2.05) is 25.1 Å². The number of benzene rings is 2. The third-order valence-corrected chi connectivity index (χ3v) is 3.79. The highest BCUT2D eigenvalue weighted by Gasteiger charge is 2.14. The summed E-state index contributed by atoms with van der Waals surface area (Å²) in [4.78, 5) is 12.0. The first-order valence-electron chi connectivity index (χ1n) is 8.31. The maximum absolute atomic E-state index is 12.0. The van der Waals surface area contributed by atoms with Crippen LogP contribution >= 0.6 is 0 Å². The molecule has 2 rings (SSSR count). The van der Waals surface area contributed by atoms with Gasteiger partial charge in [-0.2, -0.15) is 5.10 Å². The second-order valence-corrected chi connectivity index (χ2v) is 5.75. The van der Waals surface area contributed by atoms with Crippen LogP contribution in [0, 0.1) is 6.92 Å². The largest absolute Gasteiger partial charge is 0.493 e. The number of carbonyl (C=O) groups is 1. The van der Waals surface area contributed by atoms with Crippen LogP contribution in [0.1, 0.15) is 18.1 Å². The van der Waals surface area contributed by atoms with Gasteiger partial charge in [-0.3, -0.25) is 4.79 Å². The lowest BCUT2D eigenvalue weighted by atomic mass is 10.1. The van der Waals surface area contributed by atoms with E-state index in [1.165, 1.54) is 21.3 Å². The molecule has 0 heterocycles. The van der Waals surface area contributed by atoms with Crippen LogP contribution in [-0.2, 0) is 4.79 Å². The van der Waals surface area contributed by atoms with Crippen LogP contribution in [0.15, 0.2) is 41.5 Å². The molecule has 0 saturated heterocycles. The second kappa shape index (κ2) is 9.47. The molecule has 1 N–H and O–H groups in total. The lowest BCUT2D eigenvalue weighted by molar-refractivity contribution is -0.123. The predicted molar refractivity (Wildman–Crippen MR) is 103 cm³/mol. The first-order chi connectivity index (χ1) is 13.0. The molecule has 144 valence electrons. The molecule has 1 amide bonds. The molecule has 2 aromatic rings. The van der Waals surface area contributed by atoms with Gasteiger partial charge in [0.05, 0.1) is 27.0 Å². The summed E-state index contributed by atoms with van der Waals surface area (Å²) in [6, 6.07) is 11.0. The zero-order chi connectivity index (χ0) is 19.8. The van der Waals surface area contributed by atoms with Crippen LogP contribution in [0.4, 0.5) is 0 Å². The lowest BCUT2D eigenvalue weighted by Gasteiger charge is -2.14. The molecule has 2 aromatic carbocycles. The summed E-state index contributed by atoms with van der Waals surface area (Å²) in [7, 11) is 4.62. The van der Waals surface area contributed by atoms with E-state index in [9.17, 15) is 4.79 Å². The maximum Gasteiger partial charge on any atom is 0.277 e. The van der Waals surface area contributed by atoms with Crippen LogP contribution in [0.25, 0.3) is 0 Å². The van der Waals surface area contributed by atoms with Gasteiger partial charge in [0.2, 0.25) is 5.75 Å². The van der Waals surface area contributed by atoms with E-state index in [-0.39, 0.29) is 12.5 Å². The molecule has 7 heteroatoms. The summed E-state index contributed by atoms with van der Waals surface area (Å²) < 4.78 is 21.4. The van der Waals surface area contributed by atoms with E-state index >= 15 is 0 Å². The zero-order valence-electron chi connectivity index (χ0n) is 16.2. The topological polar surface area (TPSA) is 78.4 Å². The molecule has 0 spiro atoms. The maximum atomic E-state index is 12.0. The van der Waals surface area contributed by atoms with Gasteiger partial charge in [-0.1, -0.05) is 12.1 Å². The van der Waals surface area contributed by atoms with Crippen molar-refractivity contribution in [3.63, 3.8) is 0 Å². The lowest BCUT2D eigenvalue weighted by Crippen LogP contribution is -2.25. The Hall–Kier alpha value is -3.22. The summed E-state index contributed by atoms with van der Waals surface area (Å²) in [5.74, 6) is 1.79. The number of carbonyl (C=O) groups excluding carboxylic acids is 1. The van der Waals surface area contributed by atoms with Gasteiger partial charge in [-0.25, -0.2) is 5.43 Å². The Balaban J connectivity index is 2.05. The number of rotatable bonds is 8. The van der Waals surface area contributed by atoms with Crippen molar-refractivity contribution in [1.82, 2.24) is 5.43 Å². The SMILES string of the molecule is COc1cc(/C(C)=N/NC(=O)COc2cccc(C)c2)cc(OC)c1OC. The molecule has 0 aliphatic heterocycles. The summed E-state index contributed by atoms with van der Waals surface area (Å²) in [6.45, 7) is 3.59. The van der Waals surface area contributed by atoms with Crippen molar-refractivity contribution in [2.24, 2.45) is 5.10 Å². The van der Waals surface area contributed by atoms with Gasteiger partial charge in [0, 0.05) is 5.56 Å². The Labute approximate surface area is 158 Å². The van der Waals surface area contributed by atoms with E-state index in [2.05, 4.69) is 10.5 Å². The Kier molecular flexibility index (Phi) is 7.05. The van der Waals surface area contributed by atoms with Crippen molar-refractivity contribution in [2.75, 3.05) is 27.9 Å². The average molecular weight is 372 g/mol. The summed E-state index contributed by atoms with van der Waals surface area (Å²) in [5, 5.41) is 4.12. The minimum atomic E-state index is -0.358. The van der Waals surface area contributed by atoms with Crippen LogP contribution in [0.2, 0.25) is 0 Å². The molecule has 0 unspecified atom stereocenters. The fraction of sp³-hybridized carbons (Fsp3) is 0.300. The van der Waals surface area contributed by atoms with Crippen LogP contribution in [-0.4, -0.2) is 39.6 Å². The number of amides is 1. The van der Waals surface area contributed by atoms with Crippen molar-refractivity contribution in [3.05, 3.63) is 47.5 Å². The molecular weight excluding hydrogens is 348 g/mol. The number of hydrogen-bond acceptors (Lipinski definition) is 6. The number of nitrogens with zero attached hydrogens (tertiary/aromatic N) is 1. The van der Waals surface area contributed by atoms with Gasteiger partial charge < -0.3 is 18.9 Å². The molecule has 0 bridgehead atoms. The minimum absolute atomic E-state index is 0.129. The first kappa shape index (κ1) is 20.1. The molecule has 0 aliphatic carbocycles. The molecular formula is C20H24N2O5. The van der Waals surface area contributed by atoms with Gasteiger partial charge in [-0.05, 0) is 43.7 Å². The van der Waals surface area contributed by atoms with Crippen molar-refractivity contribution in [2.45, 2.75) is 13.8 Å². The van der Waals surface area contributed by atoms with E-state index in [4.69, 9.17) is 18.9 Å².